The molecule has 0 bridgehead atoms. The molecule has 0 amide bonds. The van der Waals surface area contributed by atoms with E-state index in [1.165, 1.54) is 0 Å². The van der Waals surface area contributed by atoms with Gasteiger partial charge in [-0.15, -0.1) is 0 Å². The summed E-state index contributed by atoms with van der Waals surface area (Å²) in [6.45, 7) is 10.2. The highest BCUT2D eigenvalue weighted by Crippen LogP contribution is 2.46. The molecule has 108 valence electrons. The van der Waals surface area contributed by atoms with E-state index >= 15 is 0 Å². The molecule has 1 aromatic rings. The Morgan fingerprint density at radius 1 is 1.05 bits per heavy atom. The smallest absolute Gasteiger partial charge is 0.507 e. The first kappa shape index (κ1) is 13.9. The zero-order valence-electron chi connectivity index (χ0n) is 12.9. The Hall–Kier alpha value is -1.07. The molecule has 5 heteroatoms. The third kappa shape index (κ3) is 2.04. The van der Waals surface area contributed by atoms with Crippen LogP contribution in [0.15, 0.2) is 12.1 Å². The number of hydrogen-bond acceptors (Lipinski definition) is 4. The number of rotatable bonds is 2. The van der Waals surface area contributed by atoms with Gasteiger partial charge in [-0.05, 0) is 52.7 Å². The Kier molecular flexibility index (Phi) is 2.77. The lowest BCUT2D eigenvalue weighted by Gasteiger charge is -2.32. The summed E-state index contributed by atoms with van der Waals surface area (Å²) in [5, 5.41) is 10.1. The van der Waals surface area contributed by atoms with Gasteiger partial charge in [-0.2, -0.15) is 0 Å². The van der Waals surface area contributed by atoms with Gasteiger partial charge in [0.25, 0.3) is 0 Å². The second-order valence-corrected chi connectivity index (χ2v) is 7.25. The normalized spacial score (nSPS) is 25.8. The average molecular weight is 275 g/mol. The van der Waals surface area contributed by atoms with Crippen LogP contribution in [0.5, 0.6) is 5.75 Å². The molecule has 1 saturated heterocycles. The molecule has 1 saturated carbocycles. The molecule has 1 N–H and O–H groups in total. The lowest BCUT2D eigenvalue weighted by Crippen LogP contribution is -2.41. The zero-order chi connectivity index (χ0) is 14.8. The summed E-state index contributed by atoms with van der Waals surface area (Å²) in [7, 11) is -0.609. The van der Waals surface area contributed by atoms with E-state index in [1.807, 2.05) is 33.8 Å². The second-order valence-electron chi connectivity index (χ2n) is 7.25. The third-order valence-electron chi connectivity index (χ3n) is 5.00. The Bertz CT molecular complexity index is 536. The molecule has 1 aliphatic carbocycles. The van der Waals surface area contributed by atoms with Crippen molar-refractivity contribution in [1.82, 2.24) is 4.98 Å². The molecule has 2 heterocycles. The molecule has 0 unspecified atom stereocenters. The van der Waals surface area contributed by atoms with E-state index < -0.39 is 18.3 Å². The van der Waals surface area contributed by atoms with Crippen LogP contribution >= 0.6 is 0 Å². The number of pyridine rings is 1. The van der Waals surface area contributed by atoms with Gasteiger partial charge in [-0.1, -0.05) is 6.92 Å². The molecule has 0 aromatic carbocycles. The van der Waals surface area contributed by atoms with E-state index in [2.05, 4.69) is 11.9 Å². The van der Waals surface area contributed by atoms with Gasteiger partial charge < -0.3 is 14.4 Å². The van der Waals surface area contributed by atoms with Gasteiger partial charge in [0, 0.05) is 11.1 Å². The van der Waals surface area contributed by atoms with E-state index in [4.69, 9.17) is 9.31 Å². The number of aromatic hydroxyl groups is 1. The summed E-state index contributed by atoms with van der Waals surface area (Å²) in [5.74, 6) is 0.136. The predicted molar refractivity (Wildman–Crippen MR) is 78.2 cm³/mol. The summed E-state index contributed by atoms with van der Waals surface area (Å²) in [5.41, 5.74) is 0.817. The van der Waals surface area contributed by atoms with Crippen LogP contribution < -0.4 is 5.59 Å². The Morgan fingerprint density at radius 3 is 2.10 bits per heavy atom. The fraction of sp³-hybridized carbons (Fsp3) is 0.667. The van der Waals surface area contributed by atoms with Crippen LogP contribution in [0.3, 0.4) is 0 Å². The first-order valence-electron chi connectivity index (χ1n) is 7.21. The van der Waals surface area contributed by atoms with Gasteiger partial charge in [0.05, 0.1) is 11.2 Å². The van der Waals surface area contributed by atoms with Crippen molar-refractivity contribution in [1.29, 1.82) is 0 Å². The number of hydrogen-bond donors (Lipinski definition) is 1. The van der Waals surface area contributed by atoms with Crippen LogP contribution in [0, 0.1) is 0 Å². The Balaban J connectivity index is 1.95. The van der Waals surface area contributed by atoms with E-state index in [9.17, 15) is 5.11 Å². The van der Waals surface area contributed by atoms with Crippen molar-refractivity contribution >= 4 is 12.7 Å². The highest BCUT2D eigenvalue weighted by molar-refractivity contribution is 6.62. The van der Waals surface area contributed by atoms with E-state index in [1.54, 1.807) is 6.07 Å². The van der Waals surface area contributed by atoms with Gasteiger partial charge in [-0.3, -0.25) is 4.98 Å². The van der Waals surface area contributed by atoms with Crippen molar-refractivity contribution < 1.29 is 14.4 Å². The van der Waals surface area contributed by atoms with Crippen molar-refractivity contribution in [2.45, 2.75) is 64.1 Å². The van der Waals surface area contributed by atoms with Gasteiger partial charge in [-0.25, -0.2) is 0 Å². The lowest BCUT2D eigenvalue weighted by atomic mass is 9.82. The summed E-state index contributed by atoms with van der Waals surface area (Å²) < 4.78 is 11.9. The van der Waals surface area contributed by atoms with Gasteiger partial charge in [0.1, 0.15) is 11.3 Å². The minimum Gasteiger partial charge on any atom is -0.507 e. The van der Waals surface area contributed by atoms with Crippen molar-refractivity contribution in [3.05, 3.63) is 17.8 Å². The van der Waals surface area contributed by atoms with Crippen molar-refractivity contribution in [2.24, 2.45) is 0 Å². The topological polar surface area (TPSA) is 51.6 Å². The summed E-state index contributed by atoms with van der Waals surface area (Å²) in [4.78, 5) is 4.62. The summed E-state index contributed by atoms with van der Waals surface area (Å²) in [6, 6.07) is 3.60. The van der Waals surface area contributed by atoms with Crippen LogP contribution in [-0.4, -0.2) is 28.4 Å². The van der Waals surface area contributed by atoms with E-state index in [-0.39, 0.29) is 11.2 Å². The zero-order valence-corrected chi connectivity index (χ0v) is 12.9. The van der Waals surface area contributed by atoms with Crippen molar-refractivity contribution in [3.8, 4) is 5.75 Å². The maximum atomic E-state index is 10.1. The van der Waals surface area contributed by atoms with Gasteiger partial charge in [0.15, 0.2) is 0 Å². The molecule has 20 heavy (non-hydrogen) atoms. The quantitative estimate of drug-likeness (QED) is 0.840. The molecule has 0 radical (unpaired) electrons. The molecule has 4 nitrogen and oxygen atoms in total. The minimum absolute atomic E-state index is 0.136. The van der Waals surface area contributed by atoms with Crippen molar-refractivity contribution in [2.75, 3.05) is 0 Å². The minimum atomic E-state index is -0.609. The molecule has 2 fully saturated rings. The van der Waals surface area contributed by atoms with Crippen LogP contribution in [0.4, 0.5) is 0 Å². The van der Waals surface area contributed by atoms with E-state index in [0.29, 0.717) is 5.59 Å². The third-order valence-corrected chi connectivity index (χ3v) is 5.00. The monoisotopic (exact) mass is 275 g/mol. The van der Waals surface area contributed by atoms with Gasteiger partial charge >= 0.3 is 7.12 Å². The highest BCUT2D eigenvalue weighted by Gasteiger charge is 2.53. The SMILES string of the molecule is CC1(c2ccc(O)c(B3OC(C)(C)C(C)(C)O3)n2)CC1. The van der Waals surface area contributed by atoms with Crippen LogP contribution in [-0.2, 0) is 14.7 Å². The fourth-order valence-electron chi connectivity index (χ4n) is 2.38. The van der Waals surface area contributed by atoms with Crippen LogP contribution in [0.2, 0.25) is 0 Å². The highest BCUT2D eigenvalue weighted by atomic mass is 16.7. The molecule has 3 rings (SSSR count). The average Bonchev–Trinajstić information content (AvgIpc) is 3.02. The maximum Gasteiger partial charge on any atom is 0.518 e. The summed E-state index contributed by atoms with van der Waals surface area (Å²) >= 11 is 0. The Labute approximate surface area is 120 Å². The molecule has 2 aliphatic rings. The summed E-state index contributed by atoms with van der Waals surface area (Å²) in [6.07, 6.45) is 2.29. The molecular formula is C15H22BNO3. The largest absolute Gasteiger partial charge is 0.518 e. The second kappa shape index (κ2) is 3.98. The predicted octanol–water partition coefficient (Wildman–Crippen LogP) is 2.14. The number of nitrogens with zero attached hydrogens (tertiary/aromatic N) is 1. The van der Waals surface area contributed by atoms with Crippen LogP contribution in [0.1, 0.15) is 53.2 Å². The number of aromatic nitrogens is 1. The standard InChI is InChI=1S/C15H22BNO3/c1-13(2)14(3,4)20-16(19-13)12-10(18)6-7-11(17-12)15(5)8-9-15/h6-7,18H,8-9H2,1-5H3. The maximum absolute atomic E-state index is 10.1. The van der Waals surface area contributed by atoms with Crippen LogP contribution in [0.25, 0.3) is 0 Å². The van der Waals surface area contributed by atoms with Gasteiger partial charge in [0.2, 0.25) is 0 Å². The van der Waals surface area contributed by atoms with E-state index in [0.717, 1.165) is 18.5 Å². The molecule has 1 aliphatic heterocycles. The Morgan fingerprint density at radius 2 is 1.60 bits per heavy atom. The van der Waals surface area contributed by atoms with Crippen molar-refractivity contribution in [3.63, 3.8) is 0 Å². The molecule has 0 spiro atoms. The fourth-order valence-corrected chi connectivity index (χ4v) is 2.38. The first-order valence-corrected chi connectivity index (χ1v) is 7.21. The molecular weight excluding hydrogens is 253 g/mol. The lowest BCUT2D eigenvalue weighted by molar-refractivity contribution is 0.00578. The molecule has 1 aromatic heterocycles. The molecule has 0 atom stereocenters. The first-order chi connectivity index (χ1) is 9.15.